The first-order chi connectivity index (χ1) is 8.58. The Kier molecular flexibility index (Phi) is 6.19. The Morgan fingerprint density at radius 1 is 1.33 bits per heavy atom. The smallest absolute Gasteiger partial charge is 0.251 e. The predicted molar refractivity (Wildman–Crippen MR) is 77.5 cm³/mol. The van der Waals surface area contributed by atoms with E-state index in [9.17, 15) is 4.79 Å². The molecule has 3 nitrogen and oxygen atoms in total. The lowest BCUT2D eigenvalue weighted by Gasteiger charge is -2.21. The maximum Gasteiger partial charge on any atom is 0.251 e. The quantitative estimate of drug-likeness (QED) is 0.819. The van der Waals surface area contributed by atoms with Crippen LogP contribution in [0.4, 0.5) is 0 Å². The summed E-state index contributed by atoms with van der Waals surface area (Å²) in [6, 6.07) is 7.34. The molecule has 0 radical (unpaired) electrons. The summed E-state index contributed by atoms with van der Waals surface area (Å²) in [7, 11) is 1.61. The van der Waals surface area contributed by atoms with Crippen molar-refractivity contribution in [2.75, 3.05) is 12.4 Å². The second-order valence-corrected chi connectivity index (χ2v) is 5.32. The molecule has 4 heteroatoms. The molecule has 0 saturated carbocycles. The summed E-state index contributed by atoms with van der Waals surface area (Å²) in [6.45, 7) is 4.23. The third-order valence-electron chi connectivity index (χ3n) is 2.89. The van der Waals surface area contributed by atoms with Crippen molar-refractivity contribution in [3.8, 4) is 5.75 Å². The van der Waals surface area contributed by atoms with Crippen LogP contribution in [0.2, 0.25) is 0 Å². The van der Waals surface area contributed by atoms with Gasteiger partial charge in [-0.15, -0.1) is 0 Å². The number of carbonyl (C=O) groups is 1. The first-order valence-corrected chi connectivity index (χ1v) is 7.21. The van der Waals surface area contributed by atoms with Crippen LogP contribution in [0.1, 0.15) is 30.6 Å². The van der Waals surface area contributed by atoms with Crippen LogP contribution in [0.5, 0.6) is 5.75 Å². The third-order valence-corrected chi connectivity index (χ3v) is 3.35. The summed E-state index contributed by atoms with van der Waals surface area (Å²) in [5, 5.41) is 3.95. The molecule has 0 saturated heterocycles. The van der Waals surface area contributed by atoms with E-state index in [1.165, 1.54) is 0 Å². The Labute approximate surface area is 117 Å². The lowest BCUT2D eigenvalue weighted by molar-refractivity contribution is 0.0925. The minimum atomic E-state index is -0.0303. The zero-order chi connectivity index (χ0) is 13.5. The van der Waals surface area contributed by atoms with Crippen LogP contribution in [0.3, 0.4) is 0 Å². The van der Waals surface area contributed by atoms with Crippen molar-refractivity contribution in [1.29, 1.82) is 0 Å². The minimum absolute atomic E-state index is 0.0303. The number of nitrogens with one attached hydrogen (secondary N) is 1. The van der Waals surface area contributed by atoms with Gasteiger partial charge in [-0.3, -0.25) is 4.79 Å². The van der Waals surface area contributed by atoms with E-state index in [1.807, 2.05) is 0 Å². The molecular weight excluding hydrogens is 294 g/mol. The first kappa shape index (κ1) is 15.0. The van der Waals surface area contributed by atoms with Gasteiger partial charge in [-0.1, -0.05) is 29.8 Å². The van der Waals surface area contributed by atoms with Crippen molar-refractivity contribution < 1.29 is 9.53 Å². The molecule has 1 atom stereocenters. The largest absolute Gasteiger partial charge is 0.497 e. The fourth-order valence-corrected chi connectivity index (χ4v) is 2.18. The number of alkyl halides is 1. The maximum atomic E-state index is 12.1. The van der Waals surface area contributed by atoms with Gasteiger partial charge in [-0.2, -0.15) is 0 Å². The van der Waals surface area contributed by atoms with Crippen molar-refractivity contribution in [2.24, 2.45) is 5.92 Å². The van der Waals surface area contributed by atoms with Crippen LogP contribution in [0, 0.1) is 5.92 Å². The zero-order valence-corrected chi connectivity index (χ0v) is 12.7. The normalized spacial score (nSPS) is 12.3. The molecule has 18 heavy (non-hydrogen) atoms. The molecule has 1 amide bonds. The van der Waals surface area contributed by atoms with E-state index in [0.29, 0.717) is 11.5 Å². The third kappa shape index (κ3) is 4.33. The molecule has 0 heterocycles. The molecule has 0 bridgehead atoms. The molecule has 0 aliphatic rings. The number of benzene rings is 1. The van der Waals surface area contributed by atoms with Crippen LogP contribution >= 0.6 is 15.9 Å². The molecule has 1 aromatic rings. The van der Waals surface area contributed by atoms with E-state index in [4.69, 9.17) is 4.74 Å². The number of carbonyl (C=O) groups excluding carboxylic acids is 1. The minimum Gasteiger partial charge on any atom is -0.497 e. The fourth-order valence-electron chi connectivity index (χ4n) is 1.68. The van der Waals surface area contributed by atoms with Gasteiger partial charge in [-0.25, -0.2) is 0 Å². The summed E-state index contributed by atoms with van der Waals surface area (Å²) in [5.41, 5.74) is 0.663. The van der Waals surface area contributed by atoms with Crippen LogP contribution in [-0.2, 0) is 0 Å². The van der Waals surface area contributed by atoms with Gasteiger partial charge in [0.05, 0.1) is 7.11 Å². The molecule has 0 spiro atoms. The first-order valence-electron chi connectivity index (χ1n) is 6.09. The predicted octanol–water partition coefficient (Wildman–Crippen LogP) is 3.23. The van der Waals surface area contributed by atoms with E-state index in [0.717, 1.165) is 17.5 Å². The SMILES string of the molecule is COc1ccc(C(=O)NC(CCBr)C(C)C)cc1. The van der Waals surface area contributed by atoms with Crippen LogP contribution in [0.15, 0.2) is 24.3 Å². The molecule has 0 aromatic heterocycles. The van der Waals surface area contributed by atoms with Gasteiger partial charge in [0.25, 0.3) is 5.91 Å². The monoisotopic (exact) mass is 313 g/mol. The number of ether oxygens (including phenoxy) is 1. The molecule has 0 aliphatic carbocycles. The van der Waals surface area contributed by atoms with Crippen molar-refractivity contribution in [1.82, 2.24) is 5.32 Å². The summed E-state index contributed by atoms with van der Waals surface area (Å²) >= 11 is 3.42. The lowest BCUT2D eigenvalue weighted by Crippen LogP contribution is -2.38. The van der Waals surface area contributed by atoms with Crippen molar-refractivity contribution >= 4 is 21.8 Å². The van der Waals surface area contributed by atoms with E-state index in [-0.39, 0.29) is 11.9 Å². The fraction of sp³-hybridized carbons (Fsp3) is 0.500. The second kappa shape index (κ2) is 7.41. The van der Waals surface area contributed by atoms with E-state index in [2.05, 4.69) is 35.1 Å². The van der Waals surface area contributed by atoms with Gasteiger partial charge >= 0.3 is 0 Å². The highest BCUT2D eigenvalue weighted by Gasteiger charge is 2.16. The van der Waals surface area contributed by atoms with Crippen molar-refractivity contribution in [2.45, 2.75) is 26.3 Å². The molecular formula is C14H20BrNO2. The molecule has 1 unspecified atom stereocenters. The second-order valence-electron chi connectivity index (χ2n) is 4.53. The zero-order valence-electron chi connectivity index (χ0n) is 11.1. The van der Waals surface area contributed by atoms with E-state index in [1.54, 1.807) is 31.4 Å². The number of rotatable bonds is 6. The summed E-state index contributed by atoms with van der Waals surface area (Å²) in [5.74, 6) is 1.15. The van der Waals surface area contributed by atoms with Gasteiger partial charge in [-0.05, 0) is 36.6 Å². The molecule has 0 fully saturated rings. The van der Waals surface area contributed by atoms with Gasteiger partial charge in [0.2, 0.25) is 0 Å². The van der Waals surface area contributed by atoms with Crippen LogP contribution in [-0.4, -0.2) is 24.4 Å². The molecule has 1 N–H and O–H groups in total. The Bertz CT molecular complexity index is 376. The number of amides is 1. The highest BCUT2D eigenvalue weighted by Crippen LogP contribution is 2.13. The molecule has 1 aromatic carbocycles. The Balaban J connectivity index is 2.67. The lowest BCUT2D eigenvalue weighted by atomic mass is 10.0. The summed E-state index contributed by atoms with van der Waals surface area (Å²) in [6.07, 6.45) is 0.930. The number of halogens is 1. The van der Waals surface area contributed by atoms with Crippen LogP contribution in [0.25, 0.3) is 0 Å². The highest BCUT2D eigenvalue weighted by molar-refractivity contribution is 9.09. The van der Waals surface area contributed by atoms with E-state index < -0.39 is 0 Å². The van der Waals surface area contributed by atoms with Crippen LogP contribution < -0.4 is 10.1 Å². The van der Waals surface area contributed by atoms with Crippen molar-refractivity contribution in [3.63, 3.8) is 0 Å². The highest BCUT2D eigenvalue weighted by atomic mass is 79.9. The average Bonchev–Trinajstić information content (AvgIpc) is 2.38. The topological polar surface area (TPSA) is 38.3 Å². The Morgan fingerprint density at radius 2 is 1.94 bits per heavy atom. The molecule has 1 rings (SSSR count). The van der Waals surface area contributed by atoms with Gasteiger partial charge in [0.15, 0.2) is 0 Å². The Hall–Kier alpha value is -1.03. The van der Waals surface area contributed by atoms with E-state index >= 15 is 0 Å². The molecule has 0 aliphatic heterocycles. The molecule has 100 valence electrons. The number of hydrogen-bond acceptors (Lipinski definition) is 2. The number of methoxy groups -OCH3 is 1. The van der Waals surface area contributed by atoms with Gasteiger partial charge in [0, 0.05) is 16.9 Å². The average molecular weight is 314 g/mol. The number of hydrogen-bond donors (Lipinski definition) is 1. The van der Waals surface area contributed by atoms with Gasteiger partial charge in [0.1, 0.15) is 5.75 Å². The summed E-state index contributed by atoms with van der Waals surface area (Å²) < 4.78 is 5.07. The Morgan fingerprint density at radius 3 is 2.39 bits per heavy atom. The summed E-state index contributed by atoms with van der Waals surface area (Å²) in [4.78, 5) is 12.1. The standard InChI is InChI=1S/C14H20BrNO2/c1-10(2)13(8-9-15)16-14(17)11-4-6-12(18-3)7-5-11/h4-7,10,13H,8-9H2,1-3H3,(H,16,17). The maximum absolute atomic E-state index is 12.1. The van der Waals surface area contributed by atoms with Crippen molar-refractivity contribution in [3.05, 3.63) is 29.8 Å². The van der Waals surface area contributed by atoms with Gasteiger partial charge < -0.3 is 10.1 Å².